The normalized spacial score (nSPS) is 10.6. The molecular weight excluding hydrogens is 459 g/mol. The molecule has 0 saturated heterocycles. The first-order valence-corrected chi connectivity index (χ1v) is 11.9. The number of nitrogens with one attached hydrogen (secondary N) is 1. The number of carbonyl (C=O) groups is 1. The van der Waals surface area contributed by atoms with Gasteiger partial charge in [0.2, 0.25) is 0 Å². The molecule has 1 amide bonds. The van der Waals surface area contributed by atoms with Crippen molar-refractivity contribution in [1.82, 2.24) is 0 Å². The molecule has 3 aromatic rings. The Kier molecular flexibility index (Phi) is 7.83. The van der Waals surface area contributed by atoms with E-state index in [1.54, 1.807) is 45.7 Å². The van der Waals surface area contributed by atoms with E-state index < -0.39 is 0 Å². The summed E-state index contributed by atoms with van der Waals surface area (Å²) in [6.45, 7) is 0. The van der Waals surface area contributed by atoms with E-state index in [1.165, 1.54) is 7.11 Å². The lowest BCUT2D eigenvalue weighted by molar-refractivity contribution is 0.0992. The molecule has 0 unspecified atom stereocenters. The molecule has 0 bridgehead atoms. The zero-order chi connectivity index (χ0) is 21.7. The standard InChI is InChI=1S/C22H20Cl2N2O2S2/c1-25-17-8-4-6-10-19(17)29-30-20-11-7-5-9-18(20)26(2)22(27)14-12-15(23)21(28-3)16(24)13-14/h4-13,25H,1-3H3. The summed E-state index contributed by atoms with van der Waals surface area (Å²) in [5, 5.41) is 3.78. The third-order valence-corrected chi connectivity index (χ3v) is 7.39. The predicted molar refractivity (Wildman–Crippen MR) is 130 cm³/mol. The molecule has 0 heterocycles. The van der Waals surface area contributed by atoms with Crippen molar-refractivity contribution in [3.8, 4) is 5.75 Å². The minimum atomic E-state index is -0.213. The molecule has 1 N–H and O–H groups in total. The number of rotatable bonds is 7. The van der Waals surface area contributed by atoms with Crippen LogP contribution in [0.1, 0.15) is 10.4 Å². The molecule has 0 aromatic heterocycles. The molecule has 0 saturated carbocycles. The van der Waals surface area contributed by atoms with Crippen LogP contribution in [-0.2, 0) is 0 Å². The Hall–Kier alpha value is -1.99. The average Bonchev–Trinajstić information content (AvgIpc) is 2.76. The number of ether oxygens (including phenoxy) is 1. The quantitative estimate of drug-likeness (QED) is 0.366. The molecule has 3 rings (SSSR count). The largest absolute Gasteiger partial charge is 0.494 e. The lowest BCUT2D eigenvalue weighted by Gasteiger charge is -2.21. The fourth-order valence-electron chi connectivity index (χ4n) is 2.82. The Morgan fingerprint density at radius 1 is 0.967 bits per heavy atom. The molecule has 0 aliphatic rings. The van der Waals surface area contributed by atoms with E-state index in [0.717, 1.165) is 21.2 Å². The highest BCUT2D eigenvalue weighted by Crippen LogP contribution is 2.44. The second-order valence-electron chi connectivity index (χ2n) is 6.22. The molecule has 0 radical (unpaired) electrons. The smallest absolute Gasteiger partial charge is 0.258 e. The lowest BCUT2D eigenvalue weighted by Crippen LogP contribution is -2.26. The highest BCUT2D eigenvalue weighted by Gasteiger charge is 2.20. The van der Waals surface area contributed by atoms with Crippen molar-refractivity contribution >= 4 is 62.1 Å². The van der Waals surface area contributed by atoms with Gasteiger partial charge in [-0.15, -0.1) is 0 Å². The van der Waals surface area contributed by atoms with Crippen LogP contribution in [0.25, 0.3) is 0 Å². The van der Waals surface area contributed by atoms with Gasteiger partial charge >= 0.3 is 0 Å². The molecule has 0 aliphatic heterocycles. The number of halogens is 2. The number of benzene rings is 3. The second kappa shape index (κ2) is 10.4. The van der Waals surface area contributed by atoms with Gasteiger partial charge in [0.05, 0.1) is 22.8 Å². The van der Waals surface area contributed by atoms with Gasteiger partial charge < -0.3 is 15.0 Å². The summed E-state index contributed by atoms with van der Waals surface area (Å²) in [6.07, 6.45) is 0. The summed E-state index contributed by atoms with van der Waals surface area (Å²) in [4.78, 5) is 16.8. The first kappa shape index (κ1) is 22.7. The van der Waals surface area contributed by atoms with E-state index in [4.69, 9.17) is 27.9 Å². The summed E-state index contributed by atoms with van der Waals surface area (Å²) >= 11 is 12.4. The van der Waals surface area contributed by atoms with Gasteiger partial charge in [0.25, 0.3) is 5.91 Å². The molecule has 3 aromatic carbocycles. The number of hydrogen-bond acceptors (Lipinski definition) is 5. The van der Waals surface area contributed by atoms with Crippen molar-refractivity contribution < 1.29 is 9.53 Å². The SMILES string of the molecule is CNc1ccccc1SSc1ccccc1N(C)C(=O)c1cc(Cl)c(OC)c(Cl)c1. The van der Waals surface area contributed by atoms with E-state index in [-0.39, 0.29) is 5.91 Å². The zero-order valence-electron chi connectivity index (χ0n) is 16.6. The van der Waals surface area contributed by atoms with Crippen molar-refractivity contribution in [2.45, 2.75) is 9.79 Å². The molecule has 30 heavy (non-hydrogen) atoms. The van der Waals surface area contributed by atoms with E-state index in [1.807, 2.05) is 49.5 Å². The van der Waals surface area contributed by atoms with E-state index >= 15 is 0 Å². The molecule has 156 valence electrons. The fourth-order valence-corrected chi connectivity index (χ4v) is 5.86. The van der Waals surface area contributed by atoms with Crippen molar-refractivity contribution in [2.75, 3.05) is 31.4 Å². The Morgan fingerprint density at radius 2 is 1.53 bits per heavy atom. The topological polar surface area (TPSA) is 41.6 Å². The predicted octanol–water partition coefficient (Wildman–Crippen LogP) is 7.12. The molecular formula is C22H20Cl2N2O2S2. The van der Waals surface area contributed by atoms with Crippen LogP contribution < -0.4 is 15.0 Å². The number of para-hydroxylation sites is 2. The van der Waals surface area contributed by atoms with Crippen LogP contribution in [0.2, 0.25) is 10.0 Å². The van der Waals surface area contributed by atoms with E-state index in [2.05, 4.69) is 11.4 Å². The van der Waals surface area contributed by atoms with E-state index in [9.17, 15) is 4.79 Å². The Bertz CT molecular complexity index is 1040. The second-order valence-corrected chi connectivity index (χ2v) is 9.25. The van der Waals surface area contributed by atoms with Gasteiger partial charge in [-0.2, -0.15) is 0 Å². The molecule has 4 nitrogen and oxygen atoms in total. The fraction of sp³-hybridized carbons (Fsp3) is 0.136. The number of hydrogen-bond donors (Lipinski definition) is 1. The van der Waals surface area contributed by atoms with Crippen molar-refractivity contribution in [1.29, 1.82) is 0 Å². The molecule has 8 heteroatoms. The van der Waals surface area contributed by atoms with Crippen LogP contribution in [0, 0.1) is 0 Å². The average molecular weight is 479 g/mol. The number of carbonyl (C=O) groups excluding carboxylic acids is 1. The van der Waals surface area contributed by atoms with Crippen LogP contribution in [0.15, 0.2) is 70.5 Å². The monoisotopic (exact) mass is 478 g/mol. The van der Waals surface area contributed by atoms with Crippen LogP contribution in [0.3, 0.4) is 0 Å². The Labute approximate surface area is 194 Å². The summed E-state index contributed by atoms with van der Waals surface area (Å²) in [7, 11) is 8.34. The van der Waals surface area contributed by atoms with Crippen molar-refractivity contribution in [3.05, 3.63) is 76.3 Å². The van der Waals surface area contributed by atoms with Gasteiger partial charge in [0, 0.05) is 35.1 Å². The van der Waals surface area contributed by atoms with E-state index in [0.29, 0.717) is 21.4 Å². The first-order chi connectivity index (χ1) is 14.5. The van der Waals surface area contributed by atoms with Gasteiger partial charge in [0.15, 0.2) is 5.75 Å². The van der Waals surface area contributed by atoms with Crippen LogP contribution in [0.5, 0.6) is 5.75 Å². The van der Waals surface area contributed by atoms with Gasteiger partial charge in [-0.3, -0.25) is 4.79 Å². The minimum Gasteiger partial charge on any atom is -0.494 e. The maximum atomic E-state index is 13.1. The van der Waals surface area contributed by atoms with Crippen molar-refractivity contribution in [2.24, 2.45) is 0 Å². The summed E-state index contributed by atoms with van der Waals surface area (Å²) in [5.41, 5.74) is 2.24. The lowest BCUT2D eigenvalue weighted by atomic mass is 10.1. The van der Waals surface area contributed by atoms with Crippen LogP contribution >= 0.6 is 44.8 Å². The highest BCUT2D eigenvalue weighted by molar-refractivity contribution is 8.76. The van der Waals surface area contributed by atoms with Crippen LogP contribution in [0.4, 0.5) is 11.4 Å². The van der Waals surface area contributed by atoms with Gasteiger partial charge in [-0.1, -0.05) is 69.1 Å². The number of methoxy groups -OCH3 is 1. The zero-order valence-corrected chi connectivity index (χ0v) is 19.8. The summed E-state index contributed by atoms with van der Waals surface area (Å²) in [6, 6.07) is 19.0. The molecule has 0 atom stereocenters. The minimum absolute atomic E-state index is 0.213. The number of amides is 1. The summed E-state index contributed by atoms with van der Waals surface area (Å²) < 4.78 is 5.17. The molecule has 0 fully saturated rings. The number of anilines is 2. The maximum absolute atomic E-state index is 13.1. The maximum Gasteiger partial charge on any atom is 0.258 e. The van der Waals surface area contributed by atoms with Gasteiger partial charge in [-0.05, 0) is 36.4 Å². The highest BCUT2D eigenvalue weighted by atomic mass is 35.5. The molecule has 0 aliphatic carbocycles. The van der Waals surface area contributed by atoms with Gasteiger partial charge in [0.1, 0.15) is 0 Å². The van der Waals surface area contributed by atoms with Gasteiger partial charge in [-0.25, -0.2) is 0 Å². The van der Waals surface area contributed by atoms with Crippen molar-refractivity contribution in [3.63, 3.8) is 0 Å². The Morgan fingerprint density at radius 3 is 2.17 bits per heavy atom. The summed E-state index contributed by atoms with van der Waals surface area (Å²) in [5.74, 6) is 0.142. The third kappa shape index (κ3) is 5.01. The van der Waals surface area contributed by atoms with Crippen LogP contribution in [-0.4, -0.2) is 27.1 Å². The molecule has 0 spiro atoms. The number of nitrogens with zero attached hydrogens (tertiary/aromatic N) is 1. The first-order valence-electron chi connectivity index (χ1n) is 8.97. The third-order valence-electron chi connectivity index (χ3n) is 4.36. The Balaban J connectivity index is 1.85.